The zero-order valence-electron chi connectivity index (χ0n) is 11.3. The number of carbonyl (C=O) groups is 2. The van der Waals surface area contributed by atoms with Crippen LogP contribution in [0.4, 0.5) is 4.79 Å². The summed E-state index contributed by atoms with van der Waals surface area (Å²) in [5.74, 6) is -0.463. The standard InChI is InChI=1S/C14H18N2O4/c1-19-13(17)12-7-11(15)8-16(12)14(18)20-9-10-5-3-2-4-6-10/h2-6,11-12H,7-9,15H2,1H3/t11-,12+/m0/s1. The molecule has 0 bridgehead atoms. The van der Waals surface area contributed by atoms with Crippen molar-refractivity contribution >= 4 is 12.1 Å². The lowest BCUT2D eigenvalue weighted by molar-refractivity contribution is -0.145. The van der Waals surface area contributed by atoms with Gasteiger partial charge in [0, 0.05) is 12.6 Å². The van der Waals surface area contributed by atoms with Gasteiger partial charge < -0.3 is 15.2 Å². The first-order valence-corrected chi connectivity index (χ1v) is 6.42. The highest BCUT2D eigenvalue weighted by atomic mass is 16.6. The molecule has 1 saturated heterocycles. The summed E-state index contributed by atoms with van der Waals surface area (Å²) in [6, 6.07) is 8.46. The molecule has 2 atom stereocenters. The molecule has 1 fully saturated rings. The van der Waals surface area contributed by atoms with Crippen molar-refractivity contribution in [3.63, 3.8) is 0 Å². The maximum atomic E-state index is 12.0. The molecule has 0 aromatic heterocycles. The van der Waals surface area contributed by atoms with Crippen LogP contribution in [0.2, 0.25) is 0 Å². The van der Waals surface area contributed by atoms with Crippen LogP contribution in [0.5, 0.6) is 0 Å². The van der Waals surface area contributed by atoms with Crippen LogP contribution in [0.25, 0.3) is 0 Å². The fourth-order valence-electron chi connectivity index (χ4n) is 2.23. The number of rotatable bonds is 3. The SMILES string of the molecule is COC(=O)[C@H]1C[C@H](N)CN1C(=O)OCc1ccccc1. The molecule has 20 heavy (non-hydrogen) atoms. The molecule has 6 nitrogen and oxygen atoms in total. The average Bonchev–Trinajstić information content (AvgIpc) is 2.87. The van der Waals surface area contributed by atoms with Gasteiger partial charge in [-0.2, -0.15) is 0 Å². The Morgan fingerprint density at radius 3 is 2.70 bits per heavy atom. The number of ether oxygens (including phenoxy) is 2. The van der Waals surface area contributed by atoms with Crippen LogP contribution in [0.15, 0.2) is 30.3 Å². The first-order chi connectivity index (χ1) is 9.61. The third kappa shape index (κ3) is 3.27. The number of esters is 1. The molecule has 1 amide bonds. The number of likely N-dealkylation sites (tertiary alicyclic amines) is 1. The Morgan fingerprint density at radius 2 is 2.05 bits per heavy atom. The lowest BCUT2D eigenvalue weighted by Crippen LogP contribution is -2.41. The highest BCUT2D eigenvalue weighted by Crippen LogP contribution is 2.19. The molecule has 1 aromatic carbocycles. The number of methoxy groups -OCH3 is 1. The van der Waals surface area contributed by atoms with Gasteiger partial charge in [-0.1, -0.05) is 30.3 Å². The molecule has 1 heterocycles. The largest absolute Gasteiger partial charge is 0.467 e. The quantitative estimate of drug-likeness (QED) is 0.831. The zero-order chi connectivity index (χ0) is 14.5. The summed E-state index contributed by atoms with van der Waals surface area (Å²) < 4.78 is 9.89. The van der Waals surface area contributed by atoms with Crippen molar-refractivity contribution in [2.45, 2.75) is 25.1 Å². The zero-order valence-corrected chi connectivity index (χ0v) is 11.3. The average molecular weight is 278 g/mol. The van der Waals surface area contributed by atoms with Crippen molar-refractivity contribution in [3.8, 4) is 0 Å². The van der Waals surface area contributed by atoms with E-state index in [1.165, 1.54) is 12.0 Å². The Balaban J connectivity index is 1.95. The smallest absolute Gasteiger partial charge is 0.410 e. The monoisotopic (exact) mass is 278 g/mol. The van der Waals surface area contributed by atoms with Crippen molar-refractivity contribution in [3.05, 3.63) is 35.9 Å². The van der Waals surface area contributed by atoms with Crippen LogP contribution in [0.1, 0.15) is 12.0 Å². The Morgan fingerprint density at radius 1 is 1.35 bits per heavy atom. The molecule has 1 aromatic rings. The van der Waals surface area contributed by atoms with E-state index in [4.69, 9.17) is 10.5 Å². The number of benzene rings is 1. The highest BCUT2D eigenvalue weighted by Gasteiger charge is 2.39. The van der Waals surface area contributed by atoms with E-state index < -0.39 is 18.1 Å². The lowest BCUT2D eigenvalue weighted by atomic mass is 10.2. The number of hydrogen-bond acceptors (Lipinski definition) is 5. The van der Waals surface area contributed by atoms with E-state index in [-0.39, 0.29) is 12.6 Å². The molecule has 2 N–H and O–H groups in total. The van der Waals surface area contributed by atoms with Crippen LogP contribution in [-0.2, 0) is 20.9 Å². The normalized spacial score (nSPS) is 21.6. The molecule has 0 saturated carbocycles. The van der Waals surface area contributed by atoms with E-state index in [1.807, 2.05) is 30.3 Å². The van der Waals surface area contributed by atoms with Crippen molar-refractivity contribution in [2.75, 3.05) is 13.7 Å². The van der Waals surface area contributed by atoms with Gasteiger partial charge in [0.25, 0.3) is 0 Å². The van der Waals surface area contributed by atoms with Gasteiger partial charge in [-0.3, -0.25) is 4.90 Å². The van der Waals surface area contributed by atoms with Crippen LogP contribution >= 0.6 is 0 Å². The van der Waals surface area contributed by atoms with Crippen LogP contribution < -0.4 is 5.73 Å². The Bertz CT molecular complexity index is 477. The van der Waals surface area contributed by atoms with E-state index in [2.05, 4.69) is 4.74 Å². The predicted molar refractivity (Wildman–Crippen MR) is 71.7 cm³/mol. The molecular weight excluding hydrogens is 260 g/mol. The third-order valence-electron chi connectivity index (χ3n) is 3.25. The van der Waals surface area contributed by atoms with E-state index >= 15 is 0 Å². The summed E-state index contributed by atoms with van der Waals surface area (Å²) in [5, 5.41) is 0. The number of carbonyl (C=O) groups excluding carboxylic acids is 2. The molecule has 1 aliphatic heterocycles. The molecule has 0 radical (unpaired) electrons. The summed E-state index contributed by atoms with van der Waals surface area (Å²) >= 11 is 0. The first-order valence-electron chi connectivity index (χ1n) is 6.42. The second-order valence-electron chi connectivity index (χ2n) is 4.73. The van der Waals surface area contributed by atoms with E-state index in [9.17, 15) is 9.59 Å². The van der Waals surface area contributed by atoms with Gasteiger partial charge in [0.1, 0.15) is 12.6 Å². The number of nitrogens with zero attached hydrogens (tertiary/aromatic N) is 1. The molecule has 0 spiro atoms. The van der Waals surface area contributed by atoms with Gasteiger partial charge in [0.15, 0.2) is 0 Å². The summed E-state index contributed by atoms with van der Waals surface area (Å²) in [5.41, 5.74) is 6.68. The van der Waals surface area contributed by atoms with Crippen LogP contribution in [0, 0.1) is 0 Å². The van der Waals surface area contributed by atoms with Gasteiger partial charge in [0.05, 0.1) is 7.11 Å². The van der Waals surface area contributed by atoms with Gasteiger partial charge in [-0.25, -0.2) is 9.59 Å². The van der Waals surface area contributed by atoms with Crippen molar-refractivity contribution < 1.29 is 19.1 Å². The minimum atomic E-state index is -0.654. The minimum Gasteiger partial charge on any atom is -0.467 e. The molecule has 2 rings (SSSR count). The maximum Gasteiger partial charge on any atom is 0.410 e. The number of hydrogen-bond donors (Lipinski definition) is 1. The van der Waals surface area contributed by atoms with E-state index in [0.29, 0.717) is 13.0 Å². The minimum absolute atomic E-state index is 0.166. The summed E-state index contributed by atoms with van der Waals surface area (Å²) in [6.45, 7) is 0.465. The van der Waals surface area contributed by atoms with Gasteiger partial charge in [-0.15, -0.1) is 0 Å². The predicted octanol–water partition coefficient (Wildman–Crippen LogP) is 0.898. The second-order valence-corrected chi connectivity index (χ2v) is 4.73. The van der Waals surface area contributed by atoms with Crippen molar-refractivity contribution in [2.24, 2.45) is 5.73 Å². The molecule has 0 unspecified atom stereocenters. The fraction of sp³-hybridized carbons (Fsp3) is 0.429. The summed E-state index contributed by atoms with van der Waals surface area (Å²) in [4.78, 5) is 25.0. The molecule has 108 valence electrons. The second kappa shape index (κ2) is 6.38. The number of amides is 1. The molecule has 6 heteroatoms. The fourth-order valence-corrected chi connectivity index (χ4v) is 2.23. The molecular formula is C14H18N2O4. The van der Waals surface area contributed by atoms with Crippen molar-refractivity contribution in [1.29, 1.82) is 0 Å². The topological polar surface area (TPSA) is 81.9 Å². The summed E-state index contributed by atoms with van der Waals surface area (Å²) in [7, 11) is 1.29. The van der Waals surface area contributed by atoms with Crippen molar-refractivity contribution in [1.82, 2.24) is 4.90 Å². The molecule has 0 aliphatic carbocycles. The van der Waals surface area contributed by atoms with Crippen LogP contribution in [-0.4, -0.2) is 42.7 Å². The Labute approximate surface area is 117 Å². The Hall–Kier alpha value is -2.08. The third-order valence-corrected chi connectivity index (χ3v) is 3.25. The summed E-state index contributed by atoms with van der Waals surface area (Å²) in [6.07, 6.45) is -0.148. The molecule has 1 aliphatic rings. The maximum absolute atomic E-state index is 12.0. The van der Waals surface area contributed by atoms with Gasteiger partial charge >= 0.3 is 12.1 Å². The lowest BCUT2D eigenvalue weighted by Gasteiger charge is -2.21. The van der Waals surface area contributed by atoms with Gasteiger partial charge in [0.2, 0.25) is 0 Å². The Kier molecular flexibility index (Phi) is 4.57. The number of nitrogens with two attached hydrogens (primary N) is 1. The first kappa shape index (κ1) is 14.3. The van der Waals surface area contributed by atoms with E-state index in [0.717, 1.165) is 5.56 Å². The van der Waals surface area contributed by atoms with E-state index in [1.54, 1.807) is 0 Å². The highest BCUT2D eigenvalue weighted by molar-refractivity contribution is 5.82. The van der Waals surface area contributed by atoms with Gasteiger partial charge in [-0.05, 0) is 12.0 Å². The van der Waals surface area contributed by atoms with Crippen LogP contribution in [0.3, 0.4) is 0 Å².